The van der Waals surface area contributed by atoms with Gasteiger partial charge in [0.2, 0.25) is 0 Å². The van der Waals surface area contributed by atoms with Gasteiger partial charge in [0.15, 0.2) is 5.96 Å². The summed E-state index contributed by atoms with van der Waals surface area (Å²) in [6, 6.07) is 11.9. The Bertz CT molecular complexity index is 629. The lowest BCUT2D eigenvalue weighted by atomic mass is 9.82. The summed E-state index contributed by atoms with van der Waals surface area (Å²) in [7, 11) is 1.41. The first-order valence-corrected chi connectivity index (χ1v) is 11.8. The van der Waals surface area contributed by atoms with Crippen LogP contribution in [0, 0.1) is 0 Å². The van der Waals surface area contributed by atoms with E-state index in [9.17, 15) is 4.21 Å². The standard InChI is InChI=1S/C21H34N4OS.HI/c1-3-22-21(23-12-13-27(26)16-17-8-5-4-6-9-17)24-18-14-19-10-7-11-20(15-18)25(19)2;/h4-6,8-9,18-20H,3,7,10-16H2,1-2H3,(H2,22,23,24);1H. The summed E-state index contributed by atoms with van der Waals surface area (Å²) in [5.74, 6) is 2.09. The van der Waals surface area contributed by atoms with Crippen LogP contribution in [0.3, 0.4) is 0 Å². The Morgan fingerprint density at radius 1 is 1.21 bits per heavy atom. The van der Waals surface area contributed by atoms with Gasteiger partial charge in [-0.3, -0.25) is 9.20 Å². The smallest absolute Gasteiger partial charge is 0.191 e. The topological polar surface area (TPSA) is 56.7 Å². The Labute approximate surface area is 189 Å². The molecule has 0 spiro atoms. The fourth-order valence-corrected chi connectivity index (χ4v) is 5.34. The predicted molar refractivity (Wildman–Crippen MR) is 130 cm³/mol. The zero-order valence-electron chi connectivity index (χ0n) is 17.1. The first kappa shape index (κ1) is 23.6. The summed E-state index contributed by atoms with van der Waals surface area (Å²) in [5, 5.41) is 7.00. The minimum absolute atomic E-state index is 0. The number of hydrogen-bond acceptors (Lipinski definition) is 3. The van der Waals surface area contributed by atoms with E-state index < -0.39 is 10.8 Å². The third-order valence-corrected chi connectivity index (χ3v) is 7.08. The fourth-order valence-electron chi connectivity index (χ4n) is 4.34. The third kappa shape index (κ3) is 6.99. The Morgan fingerprint density at radius 2 is 1.89 bits per heavy atom. The molecule has 2 fully saturated rings. The molecule has 3 atom stereocenters. The Balaban J connectivity index is 0.00000280. The van der Waals surface area contributed by atoms with Crippen molar-refractivity contribution in [2.45, 2.75) is 62.9 Å². The van der Waals surface area contributed by atoms with Gasteiger partial charge in [0.05, 0.1) is 6.54 Å². The van der Waals surface area contributed by atoms with E-state index in [1.165, 1.54) is 32.1 Å². The van der Waals surface area contributed by atoms with E-state index in [0.717, 1.165) is 18.1 Å². The van der Waals surface area contributed by atoms with E-state index in [-0.39, 0.29) is 24.0 Å². The van der Waals surface area contributed by atoms with E-state index in [1.54, 1.807) is 0 Å². The molecule has 28 heavy (non-hydrogen) atoms. The Morgan fingerprint density at radius 3 is 2.54 bits per heavy atom. The summed E-state index contributed by atoms with van der Waals surface area (Å²) in [5.41, 5.74) is 1.13. The van der Waals surface area contributed by atoms with Crippen LogP contribution in [0.5, 0.6) is 0 Å². The van der Waals surface area contributed by atoms with Crippen molar-refractivity contribution >= 4 is 40.7 Å². The zero-order chi connectivity index (χ0) is 19.1. The fraction of sp³-hybridized carbons (Fsp3) is 0.667. The van der Waals surface area contributed by atoms with Crippen LogP contribution in [0.25, 0.3) is 0 Å². The van der Waals surface area contributed by atoms with Gasteiger partial charge in [-0.15, -0.1) is 24.0 Å². The number of fused-ring (bicyclic) bond motifs is 2. The number of aliphatic imine (C=N–C) groups is 1. The van der Waals surface area contributed by atoms with Gasteiger partial charge >= 0.3 is 0 Å². The van der Waals surface area contributed by atoms with Crippen molar-refractivity contribution in [1.82, 2.24) is 15.5 Å². The highest BCUT2D eigenvalue weighted by molar-refractivity contribution is 14.0. The van der Waals surface area contributed by atoms with Crippen molar-refractivity contribution in [3.8, 4) is 0 Å². The van der Waals surface area contributed by atoms with Crippen LogP contribution in [0.2, 0.25) is 0 Å². The average Bonchev–Trinajstić information content (AvgIpc) is 2.63. The second-order valence-corrected chi connectivity index (χ2v) is 9.33. The van der Waals surface area contributed by atoms with Crippen LogP contribution >= 0.6 is 24.0 Å². The molecule has 3 unspecified atom stereocenters. The number of halogens is 1. The number of nitrogens with one attached hydrogen (secondary N) is 2. The summed E-state index contributed by atoms with van der Waals surface area (Å²) in [6.45, 7) is 3.53. The minimum Gasteiger partial charge on any atom is -0.357 e. The van der Waals surface area contributed by atoms with Crippen LogP contribution in [-0.2, 0) is 16.6 Å². The molecule has 2 saturated heterocycles. The van der Waals surface area contributed by atoms with Crippen LogP contribution < -0.4 is 10.6 Å². The van der Waals surface area contributed by atoms with Gasteiger partial charge in [-0.05, 0) is 45.2 Å². The SMILES string of the molecule is CCNC(=NCCS(=O)Cc1ccccc1)NC1CC2CCCC(C1)N2C.I. The minimum atomic E-state index is -0.876. The van der Waals surface area contributed by atoms with E-state index in [1.807, 2.05) is 30.3 Å². The summed E-state index contributed by atoms with van der Waals surface area (Å²) < 4.78 is 12.3. The van der Waals surface area contributed by atoms with Crippen molar-refractivity contribution in [3.63, 3.8) is 0 Å². The van der Waals surface area contributed by atoms with Gasteiger partial charge in [-0.1, -0.05) is 36.8 Å². The molecule has 158 valence electrons. The molecule has 0 aromatic heterocycles. The Hall–Kier alpha value is -0.670. The molecule has 2 heterocycles. The number of piperidine rings is 2. The first-order chi connectivity index (χ1) is 13.2. The molecule has 0 saturated carbocycles. The predicted octanol–water partition coefficient (Wildman–Crippen LogP) is 3.12. The van der Waals surface area contributed by atoms with Crippen LogP contribution in [0.4, 0.5) is 0 Å². The third-order valence-electron chi connectivity index (χ3n) is 5.78. The molecule has 1 aromatic rings. The summed E-state index contributed by atoms with van der Waals surface area (Å²) >= 11 is 0. The molecule has 2 N–H and O–H groups in total. The van der Waals surface area contributed by atoms with Gasteiger partial charge in [0, 0.05) is 47.0 Å². The molecular weight excluding hydrogens is 483 g/mol. The Kier molecular flexibility index (Phi) is 10.2. The van der Waals surface area contributed by atoms with Gasteiger partial charge < -0.3 is 15.5 Å². The lowest BCUT2D eigenvalue weighted by Crippen LogP contribution is -2.56. The highest BCUT2D eigenvalue weighted by atomic mass is 127. The lowest BCUT2D eigenvalue weighted by molar-refractivity contribution is 0.0526. The number of guanidine groups is 1. The maximum atomic E-state index is 12.3. The lowest BCUT2D eigenvalue weighted by Gasteiger charge is -2.47. The maximum absolute atomic E-state index is 12.3. The first-order valence-electron chi connectivity index (χ1n) is 10.3. The number of benzene rings is 1. The molecule has 0 amide bonds. The largest absolute Gasteiger partial charge is 0.357 e. The molecule has 0 radical (unpaired) electrons. The second kappa shape index (κ2) is 12.1. The van der Waals surface area contributed by atoms with Gasteiger partial charge in [-0.25, -0.2) is 0 Å². The van der Waals surface area contributed by atoms with Gasteiger partial charge in [0.1, 0.15) is 0 Å². The molecule has 7 heteroatoms. The highest BCUT2D eigenvalue weighted by Crippen LogP contribution is 2.32. The molecular formula is C21H35IN4OS. The number of hydrogen-bond donors (Lipinski definition) is 2. The van der Waals surface area contributed by atoms with Crippen molar-refractivity contribution < 1.29 is 4.21 Å². The van der Waals surface area contributed by atoms with Crippen molar-refractivity contribution in [2.24, 2.45) is 4.99 Å². The van der Waals surface area contributed by atoms with Crippen LogP contribution in [0.1, 0.15) is 44.6 Å². The van der Waals surface area contributed by atoms with Gasteiger partial charge in [-0.2, -0.15) is 0 Å². The monoisotopic (exact) mass is 518 g/mol. The van der Waals surface area contributed by atoms with E-state index >= 15 is 0 Å². The van der Waals surface area contributed by atoms with Crippen molar-refractivity contribution in [3.05, 3.63) is 35.9 Å². The summed E-state index contributed by atoms with van der Waals surface area (Å²) in [4.78, 5) is 7.27. The molecule has 2 bridgehead atoms. The van der Waals surface area contributed by atoms with Crippen LogP contribution in [0.15, 0.2) is 35.3 Å². The van der Waals surface area contributed by atoms with E-state index in [0.29, 0.717) is 36.2 Å². The molecule has 2 aliphatic rings. The molecule has 1 aromatic carbocycles. The molecule has 3 rings (SSSR count). The van der Waals surface area contributed by atoms with E-state index in [4.69, 9.17) is 0 Å². The number of nitrogens with zero attached hydrogens (tertiary/aromatic N) is 2. The van der Waals surface area contributed by atoms with Gasteiger partial charge in [0.25, 0.3) is 0 Å². The maximum Gasteiger partial charge on any atom is 0.191 e. The highest BCUT2D eigenvalue weighted by Gasteiger charge is 2.36. The molecule has 2 aliphatic heterocycles. The van der Waals surface area contributed by atoms with E-state index in [2.05, 4.69) is 34.5 Å². The van der Waals surface area contributed by atoms with Crippen LogP contribution in [-0.4, -0.2) is 59.1 Å². The molecule has 0 aliphatic carbocycles. The summed E-state index contributed by atoms with van der Waals surface area (Å²) in [6.07, 6.45) is 6.39. The average molecular weight is 519 g/mol. The number of rotatable bonds is 7. The van der Waals surface area contributed by atoms with Crippen molar-refractivity contribution in [2.75, 3.05) is 25.9 Å². The normalized spacial score (nSPS) is 26.2. The second-order valence-electron chi connectivity index (χ2n) is 7.75. The van der Waals surface area contributed by atoms with Crippen molar-refractivity contribution in [1.29, 1.82) is 0 Å². The molecule has 5 nitrogen and oxygen atoms in total. The zero-order valence-corrected chi connectivity index (χ0v) is 20.2. The quantitative estimate of drug-likeness (QED) is 0.331.